The zero-order valence-electron chi connectivity index (χ0n) is 20.2. The third kappa shape index (κ3) is 15.9. The second kappa shape index (κ2) is 18.7. The fourth-order valence-corrected chi connectivity index (χ4v) is 3.95. The summed E-state index contributed by atoms with van der Waals surface area (Å²) in [6.07, 6.45) is 13.9. The van der Waals surface area contributed by atoms with Crippen LogP contribution in [-0.4, -0.2) is 29.3 Å². The van der Waals surface area contributed by atoms with E-state index in [1.54, 1.807) is 0 Å². The van der Waals surface area contributed by atoms with Crippen LogP contribution in [-0.2, 0) is 25.7 Å². The largest absolute Gasteiger partial charge is 0.481 e. The summed E-state index contributed by atoms with van der Waals surface area (Å²) in [6.45, 7) is 4.23. The summed E-state index contributed by atoms with van der Waals surface area (Å²) >= 11 is 0. The third-order valence-corrected chi connectivity index (χ3v) is 5.77. The molecule has 1 aromatic rings. The van der Waals surface area contributed by atoms with Crippen LogP contribution in [0.15, 0.2) is 30.3 Å². The Morgan fingerprint density at radius 2 is 1.38 bits per heavy atom. The van der Waals surface area contributed by atoms with Gasteiger partial charge in [0, 0.05) is 13.3 Å². The van der Waals surface area contributed by atoms with Gasteiger partial charge in [-0.25, -0.2) is 0 Å². The van der Waals surface area contributed by atoms with Crippen LogP contribution in [0.25, 0.3) is 0 Å². The average molecular weight is 449 g/mol. The molecule has 0 aromatic heterocycles. The molecule has 1 aromatic carbocycles. The Hall–Kier alpha value is -1.88. The van der Waals surface area contributed by atoms with Crippen molar-refractivity contribution in [3.8, 4) is 0 Å². The number of ether oxygens (including phenoxy) is 2. The van der Waals surface area contributed by atoms with Crippen molar-refractivity contribution in [3.63, 3.8) is 0 Å². The second-order valence-electron chi connectivity index (χ2n) is 8.78. The lowest BCUT2D eigenvalue weighted by atomic mass is 10.0. The van der Waals surface area contributed by atoms with Gasteiger partial charge in [-0.15, -0.1) is 0 Å². The lowest BCUT2D eigenvalue weighted by Crippen LogP contribution is -2.16. The molecule has 0 aliphatic rings. The Morgan fingerprint density at radius 3 is 1.91 bits per heavy atom. The highest BCUT2D eigenvalue weighted by atomic mass is 16.5. The highest BCUT2D eigenvalue weighted by Gasteiger charge is 2.13. The Morgan fingerprint density at radius 1 is 0.812 bits per heavy atom. The molecule has 0 radical (unpaired) electrons. The number of carbonyl (C=O) groups is 2. The lowest BCUT2D eigenvalue weighted by Gasteiger charge is -2.18. The normalized spacial score (nSPS) is 12.9. The van der Waals surface area contributed by atoms with E-state index in [1.165, 1.54) is 32.6 Å². The van der Waals surface area contributed by atoms with Crippen molar-refractivity contribution in [2.45, 2.75) is 123 Å². The van der Waals surface area contributed by atoms with E-state index in [2.05, 4.69) is 6.92 Å². The first-order valence-corrected chi connectivity index (χ1v) is 12.6. The molecule has 0 fully saturated rings. The molecule has 0 saturated heterocycles. The molecule has 0 aliphatic carbocycles. The summed E-state index contributed by atoms with van der Waals surface area (Å²) in [5.41, 5.74) is 1.11. The summed E-state index contributed by atoms with van der Waals surface area (Å²) < 4.78 is 11.5. The minimum absolute atomic E-state index is 0.0248. The molecule has 0 saturated carbocycles. The first-order valence-electron chi connectivity index (χ1n) is 12.6. The van der Waals surface area contributed by atoms with Gasteiger partial charge in [0.05, 0.1) is 12.7 Å². The van der Waals surface area contributed by atoms with Crippen molar-refractivity contribution in [2.75, 3.05) is 0 Å². The van der Waals surface area contributed by atoms with E-state index in [9.17, 15) is 9.59 Å². The molecule has 5 nitrogen and oxygen atoms in total. The van der Waals surface area contributed by atoms with Crippen LogP contribution in [0, 0.1) is 0 Å². The smallest absolute Gasteiger partial charge is 0.303 e. The first kappa shape index (κ1) is 28.2. The molecular formula is C27H44O5. The molecule has 1 rings (SSSR count). The predicted molar refractivity (Wildman–Crippen MR) is 129 cm³/mol. The predicted octanol–water partition coefficient (Wildman–Crippen LogP) is 7.07. The van der Waals surface area contributed by atoms with Crippen LogP contribution in [0.4, 0.5) is 0 Å². The maximum atomic E-state index is 11.4. The topological polar surface area (TPSA) is 72.8 Å². The number of carbonyl (C=O) groups excluding carboxylic acids is 1. The van der Waals surface area contributed by atoms with Crippen molar-refractivity contribution in [3.05, 3.63) is 35.9 Å². The molecule has 0 bridgehead atoms. The van der Waals surface area contributed by atoms with Gasteiger partial charge in [-0.2, -0.15) is 0 Å². The number of rotatable bonds is 20. The van der Waals surface area contributed by atoms with Crippen molar-refractivity contribution >= 4 is 11.9 Å². The van der Waals surface area contributed by atoms with E-state index < -0.39 is 5.97 Å². The average Bonchev–Trinajstić information content (AvgIpc) is 2.77. The fourth-order valence-electron chi connectivity index (χ4n) is 3.95. The summed E-state index contributed by atoms with van der Waals surface area (Å²) in [7, 11) is 0. The first-order chi connectivity index (χ1) is 15.5. The van der Waals surface area contributed by atoms with Crippen molar-refractivity contribution in [1.29, 1.82) is 0 Å². The van der Waals surface area contributed by atoms with Crippen molar-refractivity contribution < 1.29 is 24.2 Å². The maximum Gasteiger partial charge on any atom is 0.303 e. The quantitative estimate of drug-likeness (QED) is 0.171. The highest BCUT2D eigenvalue weighted by Crippen LogP contribution is 2.19. The molecule has 0 heterocycles. The molecule has 0 aliphatic heterocycles. The molecule has 0 spiro atoms. The number of hydrogen-bond donors (Lipinski definition) is 1. The zero-order valence-corrected chi connectivity index (χ0v) is 20.2. The third-order valence-electron chi connectivity index (χ3n) is 5.77. The number of carboxylic acids is 1. The van der Waals surface area contributed by atoms with E-state index >= 15 is 0 Å². The zero-order chi connectivity index (χ0) is 23.4. The van der Waals surface area contributed by atoms with Crippen LogP contribution < -0.4 is 0 Å². The van der Waals surface area contributed by atoms with Crippen LogP contribution in [0.5, 0.6) is 0 Å². The van der Waals surface area contributed by atoms with E-state index in [4.69, 9.17) is 14.6 Å². The molecule has 0 amide bonds. The Bertz CT molecular complexity index is 601. The SMILES string of the molecule is CCCCCCCC(CCCCCCC(CCC(=O)O)OCc1ccccc1)OC(C)=O. The number of benzene rings is 1. The molecule has 182 valence electrons. The lowest BCUT2D eigenvalue weighted by molar-refractivity contribution is -0.147. The molecule has 32 heavy (non-hydrogen) atoms. The summed E-state index contributed by atoms with van der Waals surface area (Å²) in [5, 5.41) is 9.02. The van der Waals surface area contributed by atoms with Gasteiger partial charge in [0.2, 0.25) is 0 Å². The van der Waals surface area contributed by atoms with E-state index in [0.29, 0.717) is 13.0 Å². The van der Waals surface area contributed by atoms with Crippen LogP contribution in [0.2, 0.25) is 0 Å². The maximum absolute atomic E-state index is 11.4. The summed E-state index contributed by atoms with van der Waals surface area (Å²) in [5.74, 6) is -0.954. The van der Waals surface area contributed by atoms with Crippen LogP contribution in [0.1, 0.15) is 109 Å². The molecule has 1 N–H and O–H groups in total. The van der Waals surface area contributed by atoms with Gasteiger partial charge >= 0.3 is 11.9 Å². The molecule has 5 heteroatoms. The fraction of sp³-hybridized carbons (Fsp3) is 0.704. The van der Waals surface area contributed by atoms with Crippen molar-refractivity contribution in [2.24, 2.45) is 0 Å². The minimum Gasteiger partial charge on any atom is -0.481 e. The van der Waals surface area contributed by atoms with Gasteiger partial charge in [-0.1, -0.05) is 82.2 Å². The monoisotopic (exact) mass is 448 g/mol. The van der Waals surface area contributed by atoms with Gasteiger partial charge < -0.3 is 14.6 Å². The van der Waals surface area contributed by atoms with E-state index in [-0.39, 0.29) is 24.6 Å². The van der Waals surface area contributed by atoms with E-state index in [1.807, 2.05) is 30.3 Å². The van der Waals surface area contributed by atoms with Crippen LogP contribution in [0.3, 0.4) is 0 Å². The van der Waals surface area contributed by atoms with Gasteiger partial charge in [0.25, 0.3) is 0 Å². The Kier molecular flexibility index (Phi) is 16.4. The molecule has 2 atom stereocenters. The highest BCUT2D eigenvalue weighted by molar-refractivity contribution is 5.66. The number of esters is 1. The van der Waals surface area contributed by atoms with Crippen molar-refractivity contribution in [1.82, 2.24) is 0 Å². The summed E-state index contributed by atoms with van der Waals surface area (Å²) in [4.78, 5) is 22.4. The van der Waals surface area contributed by atoms with E-state index in [0.717, 1.165) is 56.9 Å². The van der Waals surface area contributed by atoms with Gasteiger partial charge in [0.15, 0.2) is 0 Å². The number of hydrogen-bond acceptors (Lipinski definition) is 4. The van der Waals surface area contributed by atoms with Gasteiger partial charge in [-0.3, -0.25) is 9.59 Å². The number of carboxylic acid groups (broad SMARTS) is 1. The Balaban J connectivity index is 2.26. The minimum atomic E-state index is -0.774. The second-order valence-corrected chi connectivity index (χ2v) is 8.78. The Labute approximate surface area is 194 Å². The van der Waals surface area contributed by atoms with Gasteiger partial charge in [0.1, 0.15) is 6.10 Å². The molecule has 2 unspecified atom stereocenters. The standard InChI is InChI=1S/C27H44O5/c1-3-4-5-6-13-18-26(32-23(2)28)19-14-8-7-12-17-25(20-21-27(29)30)31-22-24-15-10-9-11-16-24/h9-11,15-16,25-26H,3-8,12-14,17-22H2,1-2H3,(H,29,30). The number of aliphatic carboxylic acids is 1. The number of unbranched alkanes of at least 4 members (excludes halogenated alkanes) is 7. The molecular weight excluding hydrogens is 404 g/mol. The van der Waals surface area contributed by atoms with Gasteiger partial charge in [-0.05, 0) is 44.1 Å². The summed E-state index contributed by atoms with van der Waals surface area (Å²) in [6, 6.07) is 10.00. The van der Waals surface area contributed by atoms with Crippen LogP contribution >= 0.6 is 0 Å².